The average molecular weight is 226 g/mol. The van der Waals surface area contributed by atoms with Gasteiger partial charge in [-0.15, -0.1) is 0 Å². The van der Waals surface area contributed by atoms with Crippen LogP contribution < -0.4 is 10.6 Å². The zero-order valence-electron chi connectivity index (χ0n) is 9.13. The molecule has 0 aliphatic carbocycles. The molecule has 82 valence electrons. The minimum absolute atomic E-state index is 0.456. The van der Waals surface area contributed by atoms with Crippen LogP contribution in [0.1, 0.15) is 12.5 Å². The van der Waals surface area contributed by atoms with Crippen LogP contribution in [0.5, 0.6) is 0 Å². The standard InChI is InChI=1S/C11H16ClN3/c1-8(2)7-15(3)11-10(12)4-9(5-13)6-14-11/h4,6H,1,5,7,13H2,2-3H3. The van der Waals surface area contributed by atoms with Crippen LogP contribution in [-0.4, -0.2) is 18.6 Å². The number of hydrogen-bond acceptors (Lipinski definition) is 3. The van der Waals surface area contributed by atoms with Gasteiger partial charge in [0.25, 0.3) is 0 Å². The van der Waals surface area contributed by atoms with E-state index < -0.39 is 0 Å². The second kappa shape index (κ2) is 5.14. The Morgan fingerprint density at radius 3 is 2.80 bits per heavy atom. The van der Waals surface area contributed by atoms with Gasteiger partial charge in [-0.05, 0) is 18.6 Å². The lowest BCUT2D eigenvalue weighted by molar-refractivity contribution is 0.944. The van der Waals surface area contributed by atoms with Gasteiger partial charge in [-0.1, -0.05) is 23.8 Å². The van der Waals surface area contributed by atoms with Crippen LogP contribution in [0.4, 0.5) is 5.82 Å². The molecule has 0 spiro atoms. The van der Waals surface area contributed by atoms with Crippen molar-refractivity contribution in [3.8, 4) is 0 Å². The van der Waals surface area contributed by atoms with E-state index in [0.29, 0.717) is 11.6 Å². The zero-order valence-corrected chi connectivity index (χ0v) is 9.88. The normalized spacial score (nSPS) is 10.1. The molecule has 1 rings (SSSR count). The topological polar surface area (TPSA) is 42.2 Å². The second-order valence-corrected chi connectivity index (χ2v) is 4.07. The molecule has 1 aromatic rings. The minimum Gasteiger partial charge on any atom is -0.354 e. The van der Waals surface area contributed by atoms with Crippen LogP contribution in [0.15, 0.2) is 24.4 Å². The van der Waals surface area contributed by atoms with E-state index in [0.717, 1.165) is 23.5 Å². The van der Waals surface area contributed by atoms with E-state index in [9.17, 15) is 0 Å². The van der Waals surface area contributed by atoms with E-state index in [2.05, 4.69) is 11.6 Å². The summed E-state index contributed by atoms with van der Waals surface area (Å²) in [6.45, 7) is 7.02. The average Bonchev–Trinajstić information content (AvgIpc) is 2.16. The van der Waals surface area contributed by atoms with Crippen molar-refractivity contribution in [2.45, 2.75) is 13.5 Å². The molecular formula is C11H16ClN3. The van der Waals surface area contributed by atoms with Gasteiger partial charge in [0, 0.05) is 26.3 Å². The summed E-state index contributed by atoms with van der Waals surface area (Å²) in [6.07, 6.45) is 1.75. The third kappa shape index (κ3) is 3.22. The number of likely N-dealkylation sites (N-methyl/N-ethyl adjacent to an activating group) is 1. The van der Waals surface area contributed by atoms with E-state index >= 15 is 0 Å². The van der Waals surface area contributed by atoms with Gasteiger partial charge in [0.1, 0.15) is 5.82 Å². The molecule has 0 fully saturated rings. The molecule has 0 radical (unpaired) electrons. The molecule has 0 amide bonds. The number of halogens is 1. The predicted octanol–water partition coefficient (Wildman–Crippen LogP) is 2.21. The molecule has 1 aromatic heterocycles. The Morgan fingerprint density at radius 1 is 1.67 bits per heavy atom. The van der Waals surface area contributed by atoms with Crippen LogP contribution in [0.25, 0.3) is 0 Å². The summed E-state index contributed by atoms with van der Waals surface area (Å²) in [4.78, 5) is 6.24. The molecule has 0 saturated heterocycles. The maximum Gasteiger partial charge on any atom is 0.147 e. The third-order valence-corrected chi connectivity index (χ3v) is 2.26. The maximum atomic E-state index is 6.10. The van der Waals surface area contributed by atoms with Crippen molar-refractivity contribution in [1.82, 2.24) is 4.98 Å². The van der Waals surface area contributed by atoms with Crippen LogP contribution in [-0.2, 0) is 6.54 Å². The predicted molar refractivity (Wildman–Crippen MR) is 65.2 cm³/mol. The number of hydrogen-bond donors (Lipinski definition) is 1. The highest BCUT2D eigenvalue weighted by atomic mass is 35.5. The second-order valence-electron chi connectivity index (χ2n) is 3.67. The van der Waals surface area contributed by atoms with E-state index in [1.54, 1.807) is 6.20 Å². The molecule has 4 heteroatoms. The Bertz CT molecular complexity index is 363. The van der Waals surface area contributed by atoms with Crippen LogP contribution in [0.3, 0.4) is 0 Å². The first-order valence-corrected chi connectivity index (χ1v) is 5.12. The van der Waals surface area contributed by atoms with E-state index in [4.69, 9.17) is 17.3 Å². The monoisotopic (exact) mass is 225 g/mol. The number of anilines is 1. The summed E-state index contributed by atoms with van der Waals surface area (Å²) in [7, 11) is 1.94. The Balaban J connectivity index is 2.90. The Morgan fingerprint density at radius 2 is 2.33 bits per heavy atom. The molecule has 0 unspecified atom stereocenters. The fourth-order valence-electron chi connectivity index (χ4n) is 1.34. The van der Waals surface area contributed by atoms with Gasteiger partial charge >= 0.3 is 0 Å². The van der Waals surface area contributed by atoms with Gasteiger partial charge in [0.15, 0.2) is 0 Å². The first-order valence-electron chi connectivity index (χ1n) is 4.74. The van der Waals surface area contributed by atoms with Crippen molar-refractivity contribution >= 4 is 17.4 Å². The summed E-state index contributed by atoms with van der Waals surface area (Å²) in [6, 6.07) is 1.85. The van der Waals surface area contributed by atoms with Crippen LogP contribution in [0.2, 0.25) is 5.02 Å². The smallest absolute Gasteiger partial charge is 0.147 e. The van der Waals surface area contributed by atoms with Gasteiger partial charge in [-0.2, -0.15) is 0 Å². The Hall–Kier alpha value is -1.06. The highest BCUT2D eigenvalue weighted by Crippen LogP contribution is 2.23. The Kier molecular flexibility index (Phi) is 4.12. The number of nitrogens with two attached hydrogens (primary N) is 1. The van der Waals surface area contributed by atoms with E-state index in [1.807, 2.05) is 24.9 Å². The lowest BCUT2D eigenvalue weighted by atomic mass is 10.2. The number of rotatable bonds is 4. The van der Waals surface area contributed by atoms with Gasteiger partial charge < -0.3 is 10.6 Å². The van der Waals surface area contributed by atoms with Gasteiger partial charge in [0.05, 0.1) is 5.02 Å². The van der Waals surface area contributed by atoms with Crippen molar-refractivity contribution in [2.75, 3.05) is 18.5 Å². The van der Waals surface area contributed by atoms with Crippen molar-refractivity contribution in [3.63, 3.8) is 0 Å². The van der Waals surface area contributed by atoms with Gasteiger partial charge in [0.2, 0.25) is 0 Å². The maximum absolute atomic E-state index is 6.10. The van der Waals surface area contributed by atoms with Crippen molar-refractivity contribution in [1.29, 1.82) is 0 Å². The molecule has 3 nitrogen and oxygen atoms in total. The fraction of sp³-hybridized carbons (Fsp3) is 0.364. The first-order chi connectivity index (χ1) is 7.04. The van der Waals surface area contributed by atoms with E-state index in [1.165, 1.54) is 0 Å². The SMILES string of the molecule is C=C(C)CN(C)c1ncc(CN)cc1Cl. The minimum atomic E-state index is 0.456. The summed E-state index contributed by atoms with van der Waals surface area (Å²) in [5, 5.41) is 0.627. The van der Waals surface area contributed by atoms with Gasteiger partial charge in [-0.3, -0.25) is 0 Å². The van der Waals surface area contributed by atoms with Crippen LogP contribution >= 0.6 is 11.6 Å². The number of pyridine rings is 1. The van der Waals surface area contributed by atoms with Gasteiger partial charge in [-0.25, -0.2) is 4.98 Å². The molecule has 0 atom stereocenters. The third-order valence-electron chi connectivity index (χ3n) is 1.98. The van der Waals surface area contributed by atoms with Crippen LogP contribution in [0, 0.1) is 0 Å². The molecule has 0 aliphatic heterocycles. The summed E-state index contributed by atoms with van der Waals surface area (Å²) >= 11 is 6.10. The molecule has 0 aliphatic rings. The molecule has 0 aromatic carbocycles. The fourth-order valence-corrected chi connectivity index (χ4v) is 1.68. The van der Waals surface area contributed by atoms with Crippen molar-refractivity contribution < 1.29 is 0 Å². The summed E-state index contributed by atoms with van der Waals surface area (Å²) < 4.78 is 0. The highest BCUT2D eigenvalue weighted by Gasteiger charge is 2.08. The molecule has 0 bridgehead atoms. The zero-order chi connectivity index (χ0) is 11.4. The Labute approximate surface area is 95.6 Å². The lowest BCUT2D eigenvalue weighted by Crippen LogP contribution is -2.20. The quantitative estimate of drug-likeness (QED) is 0.799. The lowest BCUT2D eigenvalue weighted by Gasteiger charge is -2.19. The first kappa shape index (κ1) is 12.0. The number of nitrogens with zero attached hydrogens (tertiary/aromatic N) is 2. The highest BCUT2D eigenvalue weighted by molar-refractivity contribution is 6.33. The molecule has 15 heavy (non-hydrogen) atoms. The largest absolute Gasteiger partial charge is 0.354 e. The van der Waals surface area contributed by atoms with E-state index in [-0.39, 0.29) is 0 Å². The summed E-state index contributed by atoms with van der Waals surface area (Å²) in [5.41, 5.74) is 7.50. The number of aromatic nitrogens is 1. The molecule has 2 N–H and O–H groups in total. The van der Waals surface area contributed by atoms with Crippen molar-refractivity contribution in [2.24, 2.45) is 5.73 Å². The summed E-state index contributed by atoms with van der Waals surface area (Å²) in [5.74, 6) is 0.761. The molecule has 0 saturated carbocycles. The van der Waals surface area contributed by atoms with Crippen molar-refractivity contribution in [3.05, 3.63) is 35.0 Å². The molecule has 1 heterocycles. The molecular weight excluding hydrogens is 210 g/mol.